The highest BCUT2D eigenvalue weighted by Gasteiger charge is 2.30. The molecule has 0 spiro atoms. The van der Waals surface area contributed by atoms with Crippen LogP contribution in [0.25, 0.3) is 0 Å². The Kier molecular flexibility index (Phi) is 65.5. The van der Waals surface area contributed by atoms with Crippen molar-refractivity contribution in [2.24, 2.45) is 11.8 Å². The highest BCUT2D eigenvalue weighted by atomic mass is 31.2. The first kappa shape index (κ1) is 92.1. The van der Waals surface area contributed by atoms with Gasteiger partial charge in [0.15, 0.2) is 12.2 Å². The summed E-state index contributed by atoms with van der Waals surface area (Å²) in [6.07, 6.45) is 53.9. The molecule has 0 radical (unpaired) electrons. The summed E-state index contributed by atoms with van der Waals surface area (Å²) in [6.45, 7) is 9.61. The number of carbonyl (C=O) groups excluding carboxylic acids is 4. The van der Waals surface area contributed by atoms with Crippen molar-refractivity contribution < 1.29 is 80.2 Å². The average Bonchev–Trinajstić information content (AvgIpc) is 1.30. The van der Waals surface area contributed by atoms with Crippen molar-refractivity contribution in [1.29, 1.82) is 0 Å². The standard InChI is InChI=1S/C75H146O17P2/c1-7-10-12-14-16-18-20-21-26-29-33-40-46-52-58-73(78)86-63-70(91-74(79)59-53-47-41-34-30-27-24-22-23-25-28-31-37-43-49-55-67(4)5)65-89-93(81,82)87-61-69(76)62-88-94(83,84)90-66-71(64-85-72(77)57-51-45-39-32-19-17-15-13-11-8-2)92-75(80)60-54-48-42-36-35-38-44-50-56-68(6)9-3/h67-71,76H,7-66H2,1-6H3,(H,81,82)(H,83,84)/t68?,69-,70-,71-/m1/s1. The summed E-state index contributed by atoms with van der Waals surface area (Å²) in [5.41, 5.74) is 0. The fourth-order valence-electron chi connectivity index (χ4n) is 11.4. The third kappa shape index (κ3) is 67.3. The van der Waals surface area contributed by atoms with Gasteiger partial charge in [0.2, 0.25) is 0 Å². The monoisotopic (exact) mass is 1380 g/mol. The number of phosphoric ester groups is 2. The predicted octanol–water partition coefficient (Wildman–Crippen LogP) is 21.9. The Labute approximate surface area is 575 Å². The number of carbonyl (C=O) groups is 4. The minimum absolute atomic E-state index is 0.105. The Bertz CT molecular complexity index is 1820. The molecule has 6 atom stereocenters. The van der Waals surface area contributed by atoms with Crippen LogP contribution in [0.3, 0.4) is 0 Å². The zero-order valence-corrected chi connectivity index (χ0v) is 63.1. The first-order valence-corrected chi connectivity index (χ1v) is 42.0. The fraction of sp³-hybridized carbons (Fsp3) is 0.947. The van der Waals surface area contributed by atoms with Gasteiger partial charge in [-0.25, -0.2) is 9.13 Å². The summed E-state index contributed by atoms with van der Waals surface area (Å²) >= 11 is 0. The van der Waals surface area contributed by atoms with Crippen LogP contribution in [-0.2, 0) is 65.4 Å². The molecule has 0 aliphatic carbocycles. The number of unbranched alkanes of at least 4 members (excludes halogenated alkanes) is 43. The predicted molar refractivity (Wildman–Crippen MR) is 381 cm³/mol. The van der Waals surface area contributed by atoms with Crippen molar-refractivity contribution in [2.45, 2.75) is 407 Å². The maximum atomic E-state index is 13.1. The second kappa shape index (κ2) is 66.9. The molecule has 0 amide bonds. The van der Waals surface area contributed by atoms with Gasteiger partial charge in [0.25, 0.3) is 0 Å². The van der Waals surface area contributed by atoms with E-state index < -0.39 is 97.5 Å². The number of aliphatic hydroxyl groups is 1. The van der Waals surface area contributed by atoms with Gasteiger partial charge >= 0.3 is 39.5 Å². The van der Waals surface area contributed by atoms with Crippen LogP contribution < -0.4 is 0 Å². The molecule has 0 saturated heterocycles. The lowest BCUT2D eigenvalue weighted by Crippen LogP contribution is -2.30. The maximum Gasteiger partial charge on any atom is 0.472 e. The molecule has 0 bridgehead atoms. The third-order valence-electron chi connectivity index (χ3n) is 17.8. The van der Waals surface area contributed by atoms with E-state index in [2.05, 4.69) is 41.5 Å². The summed E-state index contributed by atoms with van der Waals surface area (Å²) in [4.78, 5) is 72.8. The number of ether oxygens (including phenoxy) is 4. The van der Waals surface area contributed by atoms with E-state index in [0.717, 1.165) is 102 Å². The molecule has 17 nitrogen and oxygen atoms in total. The van der Waals surface area contributed by atoms with Gasteiger partial charge in [-0.3, -0.25) is 37.3 Å². The van der Waals surface area contributed by atoms with E-state index in [1.54, 1.807) is 0 Å². The van der Waals surface area contributed by atoms with E-state index in [1.807, 2.05) is 0 Å². The van der Waals surface area contributed by atoms with Crippen molar-refractivity contribution in [3.8, 4) is 0 Å². The lowest BCUT2D eigenvalue weighted by atomic mass is 9.99. The van der Waals surface area contributed by atoms with Gasteiger partial charge < -0.3 is 33.8 Å². The zero-order chi connectivity index (χ0) is 69.3. The van der Waals surface area contributed by atoms with E-state index in [4.69, 9.17) is 37.0 Å². The van der Waals surface area contributed by atoms with Crippen molar-refractivity contribution >= 4 is 39.5 Å². The Balaban J connectivity index is 5.24. The van der Waals surface area contributed by atoms with Gasteiger partial charge in [-0.2, -0.15) is 0 Å². The molecule has 0 saturated carbocycles. The second-order valence-electron chi connectivity index (χ2n) is 27.8. The van der Waals surface area contributed by atoms with Gasteiger partial charge in [0.1, 0.15) is 19.3 Å². The highest BCUT2D eigenvalue weighted by molar-refractivity contribution is 7.47. The van der Waals surface area contributed by atoms with Crippen LogP contribution in [0, 0.1) is 11.8 Å². The van der Waals surface area contributed by atoms with E-state index in [9.17, 15) is 43.2 Å². The lowest BCUT2D eigenvalue weighted by molar-refractivity contribution is -0.161. The van der Waals surface area contributed by atoms with E-state index in [1.165, 1.54) is 205 Å². The molecule has 3 unspecified atom stereocenters. The summed E-state index contributed by atoms with van der Waals surface area (Å²) in [7, 11) is -9.91. The Morgan fingerprint density at radius 3 is 0.809 bits per heavy atom. The SMILES string of the molecule is CCCCCCCCCCCCCCCCC(=O)OC[C@H](COP(=O)(O)OC[C@@H](O)COP(=O)(O)OC[C@@H](COC(=O)CCCCCCCCCCCC)OC(=O)CCCCCCCCCCC(C)CC)OC(=O)CCCCCCCCCCCCCCCCCC(C)C. The van der Waals surface area contributed by atoms with E-state index in [-0.39, 0.29) is 25.7 Å². The van der Waals surface area contributed by atoms with Gasteiger partial charge in [-0.1, -0.05) is 337 Å². The molecule has 0 aliphatic rings. The molecule has 0 aromatic carbocycles. The number of hydrogen-bond acceptors (Lipinski definition) is 15. The number of esters is 4. The largest absolute Gasteiger partial charge is 0.472 e. The van der Waals surface area contributed by atoms with Crippen LogP contribution in [-0.4, -0.2) is 96.7 Å². The number of hydrogen-bond donors (Lipinski definition) is 3. The van der Waals surface area contributed by atoms with E-state index in [0.29, 0.717) is 25.7 Å². The van der Waals surface area contributed by atoms with Crippen molar-refractivity contribution in [3.63, 3.8) is 0 Å². The quantitative estimate of drug-likeness (QED) is 0.0222. The number of rotatable bonds is 74. The van der Waals surface area contributed by atoms with Crippen LogP contribution in [0.1, 0.15) is 388 Å². The molecule has 0 aromatic rings. The first-order chi connectivity index (χ1) is 45.4. The van der Waals surface area contributed by atoms with Gasteiger partial charge in [0.05, 0.1) is 26.4 Å². The average molecular weight is 1380 g/mol. The van der Waals surface area contributed by atoms with Gasteiger partial charge in [0, 0.05) is 25.7 Å². The zero-order valence-electron chi connectivity index (χ0n) is 61.3. The Hall–Kier alpha value is -1.94. The second-order valence-corrected chi connectivity index (χ2v) is 30.7. The molecular formula is C75H146O17P2. The molecule has 0 rings (SSSR count). The van der Waals surface area contributed by atoms with Crippen LogP contribution >= 0.6 is 15.6 Å². The van der Waals surface area contributed by atoms with Crippen molar-refractivity contribution in [2.75, 3.05) is 39.6 Å². The van der Waals surface area contributed by atoms with Crippen LogP contribution in [0.15, 0.2) is 0 Å². The van der Waals surface area contributed by atoms with Crippen molar-refractivity contribution in [3.05, 3.63) is 0 Å². The molecule has 0 heterocycles. The normalized spacial score (nSPS) is 14.3. The molecule has 94 heavy (non-hydrogen) atoms. The van der Waals surface area contributed by atoms with Crippen LogP contribution in [0.5, 0.6) is 0 Å². The third-order valence-corrected chi connectivity index (χ3v) is 19.7. The van der Waals surface area contributed by atoms with Gasteiger partial charge in [-0.15, -0.1) is 0 Å². The number of aliphatic hydroxyl groups excluding tert-OH is 1. The van der Waals surface area contributed by atoms with Crippen LogP contribution in [0.4, 0.5) is 0 Å². The molecule has 0 aliphatic heterocycles. The summed E-state index contributed by atoms with van der Waals surface area (Å²) in [6, 6.07) is 0. The molecule has 0 fully saturated rings. The molecule has 19 heteroatoms. The van der Waals surface area contributed by atoms with Gasteiger partial charge in [-0.05, 0) is 37.5 Å². The van der Waals surface area contributed by atoms with Crippen LogP contribution in [0.2, 0.25) is 0 Å². The molecule has 558 valence electrons. The van der Waals surface area contributed by atoms with Crippen molar-refractivity contribution in [1.82, 2.24) is 0 Å². The minimum atomic E-state index is -4.96. The molecular weight excluding hydrogens is 1230 g/mol. The lowest BCUT2D eigenvalue weighted by Gasteiger charge is -2.21. The highest BCUT2D eigenvalue weighted by Crippen LogP contribution is 2.45. The number of phosphoric acid groups is 2. The molecule has 3 N–H and O–H groups in total. The topological polar surface area (TPSA) is 237 Å². The van der Waals surface area contributed by atoms with E-state index >= 15 is 0 Å². The summed E-state index contributed by atoms with van der Waals surface area (Å²) < 4.78 is 68.5. The maximum absolute atomic E-state index is 13.1. The summed E-state index contributed by atoms with van der Waals surface area (Å²) in [5.74, 6) is -0.545. The Morgan fingerprint density at radius 1 is 0.309 bits per heavy atom. The minimum Gasteiger partial charge on any atom is -0.462 e. The smallest absolute Gasteiger partial charge is 0.462 e. The first-order valence-electron chi connectivity index (χ1n) is 39.0. The fourth-order valence-corrected chi connectivity index (χ4v) is 13.0. The Morgan fingerprint density at radius 2 is 0.543 bits per heavy atom. The molecule has 0 aromatic heterocycles. The summed E-state index contributed by atoms with van der Waals surface area (Å²) in [5, 5.41) is 10.6.